The first-order chi connectivity index (χ1) is 34.5. The fourth-order valence-electron chi connectivity index (χ4n) is 12.4. The molecule has 0 aromatic heterocycles. The van der Waals surface area contributed by atoms with Gasteiger partial charge in [0.25, 0.3) is 0 Å². The number of halogens is 1. The highest BCUT2D eigenvalue weighted by Gasteiger charge is 2.73. The Hall–Kier alpha value is -6.00. The smallest absolute Gasteiger partial charge is 0.307 e. The van der Waals surface area contributed by atoms with Gasteiger partial charge in [0.05, 0.1) is 0 Å². The summed E-state index contributed by atoms with van der Waals surface area (Å²) in [6, 6.07) is 86.3. The highest BCUT2D eigenvalue weighted by molar-refractivity contribution is 7.57. The van der Waals surface area contributed by atoms with Gasteiger partial charge in [-0.25, -0.2) is 20.0 Å². The molecule has 8 aromatic carbocycles. The van der Waals surface area contributed by atoms with Crippen LogP contribution in [0.3, 0.4) is 0 Å². The Balaban J connectivity index is 0.00000560. The summed E-state index contributed by atoms with van der Waals surface area (Å²) in [5.74, 6) is -2.04. The van der Waals surface area contributed by atoms with Crippen LogP contribution in [0.25, 0.3) is 0 Å². The number of nitrogens with one attached hydrogen (secondary N) is 4. The van der Waals surface area contributed by atoms with Gasteiger partial charge in [-0.3, -0.25) is 0 Å². The van der Waals surface area contributed by atoms with Crippen molar-refractivity contribution in [2.75, 3.05) is 0 Å². The molecule has 1 spiro atoms. The van der Waals surface area contributed by atoms with Crippen LogP contribution in [0.5, 0.6) is 0 Å². The molecule has 0 aliphatic carbocycles. The van der Waals surface area contributed by atoms with Gasteiger partial charge in [0.2, 0.25) is 5.54 Å². The minimum Gasteiger partial charge on any atom is -1.00 e. The Labute approximate surface area is 429 Å². The average Bonchev–Trinajstić information content (AvgIpc) is 3.89. The number of ether oxygens (including phenoxy) is 4. The van der Waals surface area contributed by atoms with Crippen molar-refractivity contribution in [1.82, 2.24) is 15.3 Å². The number of hydrogen-bond donors (Lipinski definition) is 4. The van der Waals surface area contributed by atoms with Gasteiger partial charge >= 0.3 is 7.51 Å². The van der Waals surface area contributed by atoms with Crippen molar-refractivity contribution >= 4 is 7.51 Å². The molecule has 4 N–H and O–H groups in total. The second-order valence-electron chi connectivity index (χ2n) is 20.2. The third kappa shape index (κ3) is 7.67. The first-order valence-electron chi connectivity index (χ1n) is 24.8. The third-order valence-electron chi connectivity index (χ3n) is 15.1. The second kappa shape index (κ2) is 18.5. The lowest BCUT2D eigenvalue weighted by molar-refractivity contribution is -0.550. The highest BCUT2D eigenvalue weighted by Crippen LogP contribution is 2.62. The highest BCUT2D eigenvalue weighted by atomic mass is 35.5. The van der Waals surface area contributed by atoms with Gasteiger partial charge in [-0.1, -0.05) is 243 Å². The molecule has 8 aromatic rings. The van der Waals surface area contributed by atoms with Crippen molar-refractivity contribution < 1.29 is 36.1 Å². The van der Waals surface area contributed by atoms with Gasteiger partial charge in [0.1, 0.15) is 34.9 Å². The third-order valence-corrected chi connectivity index (χ3v) is 17.9. The number of fused-ring (bicyclic) bond motifs is 2. The van der Waals surface area contributed by atoms with E-state index in [1.165, 1.54) is 0 Å². The molecule has 0 bridgehead atoms. The molecular weight excluding hydrogens is 931 g/mol. The standard InChI is InChI=1S/C62H59N4O4P.ClH/c1-57(2)67-53-54(68-57)60(47-33-17-7-18-34-47,48-35-19-8-20-36-48)64-71(63-59(53,45-29-13-5-14-30-45)46-31-15-6-16-32-46)65-61(49-37-21-9-22-38-49,50-39-23-10-24-40-50)55-56(70-58(3,4)69-55)62(66-71,51-41-25-11-26-42-51)52-43-27-12-28-44-52;/h5-44,53-56H,1-4H3,(H3,63,64,65,66);1H/t53-,54-,55-,56-;/m1./s1. The average molecular weight is 992 g/mol. The minimum absolute atomic E-state index is 0. The van der Waals surface area contributed by atoms with Crippen molar-refractivity contribution in [1.29, 1.82) is 0 Å². The monoisotopic (exact) mass is 990 g/mol. The molecule has 72 heavy (non-hydrogen) atoms. The van der Waals surface area contributed by atoms with Gasteiger partial charge < -0.3 is 31.4 Å². The molecule has 0 amide bonds. The summed E-state index contributed by atoms with van der Waals surface area (Å²) in [4.78, 5) is 0. The van der Waals surface area contributed by atoms with E-state index in [0.717, 1.165) is 44.5 Å². The van der Waals surface area contributed by atoms with E-state index >= 15 is 0 Å². The lowest BCUT2D eigenvalue weighted by Gasteiger charge is -2.45. The summed E-state index contributed by atoms with van der Waals surface area (Å²) in [5.41, 5.74) is 3.56. The fraction of sp³-hybridized carbons (Fsp3) is 0.226. The second-order valence-corrected chi connectivity index (χ2v) is 22.5. The zero-order valence-corrected chi connectivity index (χ0v) is 42.5. The predicted molar refractivity (Wildman–Crippen MR) is 280 cm³/mol. The quantitative estimate of drug-likeness (QED) is 0.117. The molecule has 364 valence electrons. The Morgan fingerprint density at radius 2 is 0.500 bits per heavy atom. The molecular formula is C62H60ClN4O4P. The largest absolute Gasteiger partial charge is 1.00 e. The number of hydrogen-bond acceptors (Lipinski definition) is 7. The fourth-order valence-corrected chi connectivity index (χ4v) is 16.4. The lowest BCUT2D eigenvalue weighted by Crippen LogP contribution is -3.00. The summed E-state index contributed by atoms with van der Waals surface area (Å²) in [5, 5.41) is 14.0. The van der Waals surface area contributed by atoms with Crippen molar-refractivity contribution in [3.05, 3.63) is 287 Å². The minimum atomic E-state index is -3.69. The van der Waals surface area contributed by atoms with Crippen LogP contribution in [0.2, 0.25) is 0 Å². The van der Waals surface area contributed by atoms with Gasteiger partial charge in [-0.2, -0.15) is 0 Å². The normalized spacial score (nSPS) is 24.5. The molecule has 12 rings (SSSR count). The molecule has 4 atom stereocenters. The summed E-state index contributed by atoms with van der Waals surface area (Å²) >= 11 is 0. The Morgan fingerprint density at radius 3 is 0.736 bits per heavy atom. The van der Waals surface area contributed by atoms with E-state index < -0.39 is 65.7 Å². The maximum Gasteiger partial charge on any atom is 0.307 e. The number of benzene rings is 8. The topological polar surface area (TPSA) is 87.0 Å². The first kappa shape index (κ1) is 48.3. The lowest BCUT2D eigenvalue weighted by atomic mass is 9.69. The Morgan fingerprint density at radius 1 is 0.306 bits per heavy atom. The van der Waals surface area contributed by atoms with Crippen LogP contribution in [0.15, 0.2) is 243 Å². The van der Waals surface area contributed by atoms with E-state index in [1.807, 2.05) is 27.7 Å². The van der Waals surface area contributed by atoms with Crippen LogP contribution in [-0.2, 0) is 41.1 Å². The maximum atomic E-state index is 7.65. The zero-order valence-electron chi connectivity index (χ0n) is 40.9. The molecule has 4 heterocycles. The predicted octanol–water partition coefficient (Wildman–Crippen LogP) is 7.63. The molecule has 0 saturated carbocycles. The van der Waals surface area contributed by atoms with Crippen LogP contribution in [-0.4, -0.2) is 36.0 Å². The van der Waals surface area contributed by atoms with Gasteiger partial charge in [0.15, 0.2) is 17.7 Å². The van der Waals surface area contributed by atoms with Crippen molar-refractivity contribution in [2.45, 2.75) is 85.8 Å². The Bertz CT molecular complexity index is 2910. The van der Waals surface area contributed by atoms with Gasteiger partial charge in [-0.15, -0.1) is 0 Å². The Kier molecular flexibility index (Phi) is 12.4. The van der Waals surface area contributed by atoms with E-state index in [2.05, 4.69) is 263 Å². The van der Waals surface area contributed by atoms with E-state index in [4.69, 9.17) is 18.9 Å². The van der Waals surface area contributed by atoms with Crippen molar-refractivity contribution in [3.63, 3.8) is 0 Å². The number of rotatable bonds is 8. The summed E-state index contributed by atoms with van der Waals surface area (Å²) in [7, 11) is -3.69. The summed E-state index contributed by atoms with van der Waals surface area (Å²) < 4.78 is 35.3. The summed E-state index contributed by atoms with van der Waals surface area (Å²) in [6.45, 7) is 8.16. The summed E-state index contributed by atoms with van der Waals surface area (Å²) in [6.07, 6.45) is -2.67. The van der Waals surface area contributed by atoms with Crippen molar-refractivity contribution in [3.8, 4) is 0 Å². The molecule has 4 aliphatic rings. The maximum absolute atomic E-state index is 7.65. The van der Waals surface area contributed by atoms with E-state index in [-0.39, 0.29) is 12.4 Å². The van der Waals surface area contributed by atoms with Crippen LogP contribution < -0.4 is 32.4 Å². The molecule has 0 radical (unpaired) electrons. The van der Waals surface area contributed by atoms with Crippen molar-refractivity contribution in [2.24, 2.45) is 0 Å². The van der Waals surface area contributed by atoms with E-state index in [0.29, 0.717) is 0 Å². The molecule has 3 fully saturated rings. The first-order valence-corrected chi connectivity index (χ1v) is 26.5. The molecule has 8 nitrogen and oxygen atoms in total. The van der Waals surface area contributed by atoms with E-state index in [9.17, 15) is 0 Å². The SMILES string of the molecule is CC1(C)O[C@@H]2[C@@H](O1)C(c1ccccc1)(c1ccccc1)NP1(=[NH+]C(c3ccccc3)(c3ccccc3)[C@@H]3OC(C)(C)O[C@H]3C(c3ccccc3)(c3ccccc3)N1)NC2(c1ccccc1)c1ccccc1.[Cl-]. The molecule has 3 saturated heterocycles. The van der Waals surface area contributed by atoms with Gasteiger partial charge in [-0.05, 0) is 61.1 Å². The van der Waals surface area contributed by atoms with Crippen LogP contribution in [0.1, 0.15) is 72.2 Å². The van der Waals surface area contributed by atoms with E-state index in [1.54, 1.807) is 0 Å². The molecule has 0 unspecified atom stereocenters. The van der Waals surface area contributed by atoms with Gasteiger partial charge in [0, 0.05) is 11.1 Å². The molecule has 4 aliphatic heterocycles. The van der Waals surface area contributed by atoms with Crippen LogP contribution in [0.4, 0.5) is 0 Å². The zero-order chi connectivity index (χ0) is 48.4. The van der Waals surface area contributed by atoms with Crippen LogP contribution in [0, 0.1) is 0 Å². The molecule has 10 heteroatoms. The van der Waals surface area contributed by atoms with Crippen LogP contribution >= 0.6 is 7.51 Å².